The molecule has 3 atom stereocenters. The molecular weight excluding hydrogens is 378 g/mol. The number of hydrogen-bond acceptors (Lipinski definition) is 8. The van der Waals surface area contributed by atoms with Crippen LogP contribution in [0.5, 0.6) is 0 Å². The Morgan fingerprint density at radius 1 is 1.23 bits per heavy atom. The lowest BCUT2D eigenvalue weighted by Gasteiger charge is -2.39. The van der Waals surface area contributed by atoms with Crippen LogP contribution in [0.3, 0.4) is 0 Å². The molecule has 2 aliphatic rings. The van der Waals surface area contributed by atoms with Gasteiger partial charge in [-0.1, -0.05) is 0 Å². The Hall–Kier alpha value is -3.25. The smallest absolute Gasteiger partial charge is 0.247 e. The van der Waals surface area contributed by atoms with Gasteiger partial charge in [-0.05, 0) is 37.8 Å². The normalized spacial score (nSPS) is 23.4. The van der Waals surface area contributed by atoms with Gasteiger partial charge in [-0.2, -0.15) is 5.26 Å². The molecule has 2 bridgehead atoms. The van der Waals surface area contributed by atoms with E-state index >= 15 is 0 Å². The highest BCUT2D eigenvalue weighted by Gasteiger charge is 2.40. The largest absolute Gasteiger partial charge is 0.367 e. The fraction of sp³-hybridized carbons (Fsp3) is 0.476. The zero-order valence-electron chi connectivity index (χ0n) is 17.0. The second-order valence-electron chi connectivity index (χ2n) is 8.14. The molecular formula is C21H25N9. The standard InChI is InChI=1S/C21H25N9/c1-29-13-24-21(28-29)27-19-12-18-17(4-2-8-23-18)20(26-19)25-14-10-15-5-6-16(11-14)30(15)9-3-7-22/h2,4,8,12-16H,3,5-6,9-11H2,1H3,(H2,25,26,27,28)/t14-,15-,16+. The molecule has 0 aliphatic carbocycles. The molecule has 5 heterocycles. The Kier molecular flexibility index (Phi) is 4.93. The molecule has 0 aromatic carbocycles. The molecule has 2 N–H and O–H groups in total. The summed E-state index contributed by atoms with van der Waals surface area (Å²) in [5, 5.41) is 21.1. The third-order valence-corrected chi connectivity index (χ3v) is 6.15. The first-order valence-corrected chi connectivity index (χ1v) is 10.5. The van der Waals surface area contributed by atoms with E-state index in [4.69, 9.17) is 10.2 Å². The zero-order chi connectivity index (χ0) is 20.5. The number of piperidine rings is 1. The van der Waals surface area contributed by atoms with Crippen molar-refractivity contribution in [2.24, 2.45) is 7.05 Å². The van der Waals surface area contributed by atoms with E-state index in [1.807, 2.05) is 19.2 Å². The van der Waals surface area contributed by atoms with Crippen LogP contribution in [-0.4, -0.2) is 54.3 Å². The SMILES string of the molecule is Cn1cnc(Nc2cc3ncccc3c(N[C@@H]3C[C@H]4CC[C@@H](C3)N4CCC#N)n2)n1. The van der Waals surface area contributed by atoms with Gasteiger partial charge < -0.3 is 10.6 Å². The second kappa shape index (κ2) is 7.88. The van der Waals surface area contributed by atoms with Gasteiger partial charge in [0.2, 0.25) is 5.95 Å². The van der Waals surface area contributed by atoms with Gasteiger partial charge in [0.05, 0.1) is 11.6 Å². The molecule has 0 spiro atoms. The number of pyridine rings is 2. The van der Waals surface area contributed by atoms with Gasteiger partial charge in [-0.15, -0.1) is 5.10 Å². The predicted molar refractivity (Wildman–Crippen MR) is 114 cm³/mol. The number of aromatic nitrogens is 5. The lowest BCUT2D eigenvalue weighted by Crippen LogP contribution is -2.47. The van der Waals surface area contributed by atoms with Gasteiger partial charge in [-0.3, -0.25) is 14.6 Å². The van der Waals surface area contributed by atoms with Gasteiger partial charge in [-0.25, -0.2) is 9.97 Å². The summed E-state index contributed by atoms with van der Waals surface area (Å²) in [6.45, 7) is 0.889. The van der Waals surface area contributed by atoms with Gasteiger partial charge in [0, 0.05) is 55.8 Å². The molecule has 3 aromatic heterocycles. The van der Waals surface area contributed by atoms with E-state index in [0.29, 0.717) is 36.3 Å². The van der Waals surface area contributed by atoms with Crippen molar-refractivity contribution >= 4 is 28.5 Å². The van der Waals surface area contributed by atoms with Crippen molar-refractivity contribution in [2.75, 3.05) is 17.2 Å². The maximum absolute atomic E-state index is 8.95. The van der Waals surface area contributed by atoms with Crippen molar-refractivity contribution in [3.05, 3.63) is 30.7 Å². The average Bonchev–Trinajstić information content (AvgIpc) is 3.25. The van der Waals surface area contributed by atoms with E-state index in [9.17, 15) is 0 Å². The molecule has 0 saturated carbocycles. The van der Waals surface area contributed by atoms with E-state index < -0.39 is 0 Å². The van der Waals surface area contributed by atoms with Crippen molar-refractivity contribution in [3.8, 4) is 6.07 Å². The summed E-state index contributed by atoms with van der Waals surface area (Å²) in [6, 6.07) is 9.67. The van der Waals surface area contributed by atoms with Crippen molar-refractivity contribution in [2.45, 2.75) is 50.2 Å². The topological polar surface area (TPSA) is 108 Å². The molecule has 5 rings (SSSR count). The molecule has 0 unspecified atom stereocenters. The highest BCUT2D eigenvalue weighted by Crippen LogP contribution is 2.37. The number of rotatable bonds is 6. The second-order valence-corrected chi connectivity index (χ2v) is 8.14. The lowest BCUT2D eigenvalue weighted by molar-refractivity contribution is 0.136. The Balaban J connectivity index is 1.38. The Bertz CT molecular complexity index is 1070. The average molecular weight is 403 g/mol. The Morgan fingerprint density at radius 2 is 2.07 bits per heavy atom. The number of aryl methyl sites for hydroxylation is 1. The molecule has 9 nitrogen and oxygen atoms in total. The van der Waals surface area contributed by atoms with Gasteiger partial charge in [0.25, 0.3) is 0 Å². The highest BCUT2D eigenvalue weighted by atomic mass is 15.4. The third kappa shape index (κ3) is 3.66. The molecule has 2 fully saturated rings. The molecule has 3 aromatic rings. The number of anilines is 3. The third-order valence-electron chi connectivity index (χ3n) is 6.15. The minimum Gasteiger partial charge on any atom is -0.367 e. The molecule has 2 saturated heterocycles. The van der Waals surface area contributed by atoms with Crippen molar-refractivity contribution in [3.63, 3.8) is 0 Å². The summed E-state index contributed by atoms with van der Waals surface area (Å²) in [6.07, 6.45) is 8.64. The van der Waals surface area contributed by atoms with Gasteiger partial charge >= 0.3 is 0 Å². The summed E-state index contributed by atoms with van der Waals surface area (Å²) < 4.78 is 1.65. The molecule has 2 aliphatic heterocycles. The van der Waals surface area contributed by atoms with Crippen molar-refractivity contribution < 1.29 is 0 Å². The van der Waals surface area contributed by atoms with Crippen LogP contribution in [0.2, 0.25) is 0 Å². The number of nitrogens with one attached hydrogen (secondary N) is 2. The fourth-order valence-corrected chi connectivity index (χ4v) is 4.89. The van der Waals surface area contributed by atoms with Crippen LogP contribution in [0, 0.1) is 11.3 Å². The van der Waals surface area contributed by atoms with Crippen LogP contribution in [-0.2, 0) is 7.05 Å². The molecule has 9 heteroatoms. The lowest BCUT2D eigenvalue weighted by atomic mass is 9.97. The maximum atomic E-state index is 8.95. The van der Waals surface area contributed by atoms with Crippen molar-refractivity contribution in [1.29, 1.82) is 5.26 Å². The summed E-state index contributed by atoms with van der Waals surface area (Å²) in [5.41, 5.74) is 0.878. The summed E-state index contributed by atoms with van der Waals surface area (Å²) in [5.74, 6) is 2.02. The molecule has 0 amide bonds. The van der Waals surface area contributed by atoms with E-state index in [0.717, 1.165) is 36.1 Å². The number of hydrogen-bond donors (Lipinski definition) is 2. The quantitative estimate of drug-likeness (QED) is 0.647. The molecule has 30 heavy (non-hydrogen) atoms. The van der Waals surface area contributed by atoms with E-state index in [1.54, 1.807) is 17.2 Å². The maximum Gasteiger partial charge on any atom is 0.247 e. The monoisotopic (exact) mass is 403 g/mol. The number of fused-ring (bicyclic) bond motifs is 3. The summed E-state index contributed by atoms with van der Waals surface area (Å²) in [4.78, 5) is 16.1. The first kappa shape index (κ1) is 18.8. The fourth-order valence-electron chi connectivity index (χ4n) is 4.89. The minimum absolute atomic E-state index is 0.361. The molecule has 154 valence electrons. The first-order valence-electron chi connectivity index (χ1n) is 10.5. The van der Waals surface area contributed by atoms with Crippen LogP contribution >= 0.6 is 0 Å². The Labute approximate surface area is 175 Å². The van der Waals surface area contributed by atoms with Crippen LogP contribution < -0.4 is 10.6 Å². The van der Waals surface area contributed by atoms with Crippen LogP contribution in [0.4, 0.5) is 17.6 Å². The Morgan fingerprint density at radius 3 is 2.80 bits per heavy atom. The predicted octanol–water partition coefficient (Wildman–Crippen LogP) is 2.82. The number of nitrogens with zero attached hydrogens (tertiary/aromatic N) is 7. The van der Waals surface area contributed by atoms with Crippen LogP contribution in [0.15, 0.2) is 30.7 Å². The van der Waals surface area contributed by atoms with Crippen LogP contribution in [0.1, 0.15) is 32.1 Å². The van der Waals surface area contributed by atoms with E-state index in [2.05, 4.69) is 42.7 Å². The van der Waals surface area contributed by atoms with Crippen LogP contribution in [0.25, 0.3) is 10.9 Å². The van der Waals surface area contributed by atoms with E-state index in [-0.39, 0.29) is 0 Å². The first-order chi connectivity index (χ1) is 14.7. The summed E-state index contributed by atoms with van der Waals surface area (Å²) >= 11 is 0. The van der Waals surface area contributed by atoms with Gasteiger partial charge in [0.1, 0.15) is 18.0 Å². The minimum atomic E-state index is 0.361. The summed E-state index contributed by atoms with van der Waals surface area (Å²) in [7, 11) is 1.83. The zero-order valence-corrected chi connectivity index (χ0v) is 17.0. The van der Waals surface area contributed by atoms with E-state index in [1.165, 1.54) is 12.8 Å². The van der Waals surface area contributed by atoms with Gasteiger partial charge in [0.15, 0.2) is 0 Å². The van der Waals surface area contributed by atoms with Crippen molar-refractivity contribution in [1.82, 2.24) is 29.6 Å². The number of nitriles is 1. The molecule has 0 radical (unpaired) electrons. The highest BCUT2D eigenvalue weighted by molar-refractivity contribution is 5.91.